The Hall–Kier alpha value is -1.07. The predicted octanol–water partition coefficient (Wildman–Crippen LogP) is 1.60. The first-order valence-electron chi connectivity index (χ1n) is 4.60. The van der Waals surface area contributed by atoms with Crippen molar-refractivity contribution in [2.24, 2.45) is 5.84 Å². The number of ether oxygens (including phenoxy) is 1. The van der Waals surface area contributed by atoms with E-state index in [-0.39, 0.29) is 5.91 Å². The Balaban J connectivity index is 2.23. The monoisotopic (exact) mass is 272 g/mol. The van der Waals surface area contributed by atoms with Crippen LogP contribution in [0.3, 0.4) is 0 Å². The van der Waals surface area contributed by atoms with Gasteiger partial charge < -0.3 is 4.74 Å². The molecule has 0 saturated carbocycles. The van der Waals surface area contributed by atoms with Crippen LogP contribution in [0.5, 0.6) is 5.75 Å². The van der Waals surface area contributed by atoms with Gasteiger partial charge in [-0.05, 0) is 24.6 Å². The average Bonchev–Trinajstić information content (AvgIpc) is 2.24. The fourth-order valence-corrected chi connectivity index (χ4v) is 1.43. The predicted molar refractivity (Wildman–Crippen MR) is 61.2 cm³/mol. The van der Waals surface area contributed by atoms with E-state index in [4.69, 9.17) is 10.6 Å². The van der Waals surface area contributed by atoms with Gasteiger partial charge in [0.05, 0.1) is 6.61 Å². The van der Waals surface area contributed by atoms with Gasteiger partial charge in [-0.25, -0.2) is 5.84 Å². The van der Waals surface area contributed by atoms with Crippen LogP contribution >= 0.6 is 15.9 Å². The van der Waals surface area contributed by atoms with Gasteiger partial charge >= 0.3 is 0 Å². The van der Waals surface area contributed by atoms with Crippen LogP contribution in [0.4, 0.5) is 0 Å². The molecule has 0 unspecified atom stereocenters. The van der Waals surface area contributed by atoms with Gasteiger partial charge in [0.2, 0.25) is 5.91 Å². The zero-order chi connectivity index (χ0) is 11.1. The highest BCUT2D eigenvalue weighted by molar-refractivity contribution is 9.10. The Morgan fingerprint density at radius 3 is 3.00 bits per heavy atom. The van der Waals surface area contributed by atoms with Crippen molar-refractivity contribution in [1.29, 1.82) is 0 Å². The maximum atomic E-state index is 10.8. The zero-order valence-electron chi connectivity index (χ0n) is 8.20. The lowest BCUT2D eigenvalue weighted by Gasteiger charge is -2.05. The molecule has 0 aliphatic carbocycles. The van der Waals surface area contributed by atoms with Crippen molar-refractivity contribution < 1.29 is 9.53 Å². The van der Waals surface area contributed by atoms with Gasteiger partial charge in [0.1, 0.15) is 5.75 Å². The minimum Gasteiger partial charge on any atom is -0.494 e. The lowest BCUT2D eigenvalue weighted by Crippen LogP contribution is -2.29. The fourth-order valence-electron chi connectivity index (χ4n) is 1.05. The van der Waals surface area contributed by atoms with Crippen LogP contribution in [0.2, 0.25) is 0 Å². The van der Waals surface area contributed by atoms with Crippen LogP contribution in [0.25, 0.3) is 0 Å². The van der Waals surface area contributed by atoms with Crippen molar-refractivity contribution in [3.63, 3.8) is 0 Å². The molecule has 5 heteroatoms. The molecule has 0 fully saturated rings. The molecule has 0 aliphatic heterocycles. The van der Waals surface area contributed by atoms with E-state index in [1.165, 1.54) is 0 Å². The van der Waals surface area contributed by atoms with Crippen molar-refractivity contribution in [2.75, 3.05) is 6.61 Å². The van der Waals surface area contributed by atoms with Crippen molar-refractivity contribution in [3.8, 4) is 5.75 Å². The second-order valence-electron chi connectivity index (χ2n) is 2.98. The van der Waals surface area contributed by atoms with Gasteiger partial charge in [-0.15, -0.1) is 0 Å². The Kier molecular flexibility index (Phi) is 5.14. The summed E-state index contributed by atoms with van der Waals surface area (Å²) in [5.41, 5.74) is 2.07. The van der Waals surface area contributed by atoms with E-state index in [9.17, 15) is 4.79 Å². The van der Waals surface area contributed by atoms with Crippen molar-refractivity contribution in [2.45, 2.75) is 12.8 Å². The number of carbonyl (C=O) groups excluding carboxylic acids is 1. The normalized spacial score (nSPS) is 9.73. The summed E-state index contributed by atoms with van der Waals surface area (Å²) in [5.74, 6) is 5.55. The van der Waals surface area contributed by atoms with Crippen LogP contribution in [-0.2, 0) is 4.79 Å². The molecule has 0 saturated heterocycles. The maximum Gasteiger partial charge on any atom is 0.234 e. The van der Waals surface area contributed by atoms with E-state index < -0.39 is 0 Å². The van der Waals surface area contributed by atoms with E-state index >= 15 is 0 Å². The quantitative estimate of drug-likeness (QED) is 0.370. The Morgan fingerprint density at radius 2 is 2.33 bits per heavy atom. The van der Waals surface area contributed by atoms with E-state index in [2.05, 4.69) is 21.4 Å². The number of amides is 1. The molecule has 1 aromatic rings. The van der Waals surface area contributed by atoms with Crippen LogP contribution in [0.15, 0.2) is 28.7 Å². The summed E-state index contributed by atoms with van der Waals surface area (Å²) in [6.45, 7) is 0.504. The van der Waals surface area contributed by atoms with Crippen LogP contribution in [0, 0.1) is 0 Å². The molecule has 0 spiro atoms. The molecule has 0 aliphatic rings. The van der Waals surface area contributed by atoms with E-state index in [0.29, 0.717) is 19.4 Å². The van der Waals surface area contributed by atoms with Gasteiger partial charge in [-0.1, -0.05) is 22.0 Å². The zero-order valence-corrected chi connectivity index (χ0v) is 9.79. The van der Waals surface area contributed by atoms with E-state index in [1.54, 1.807) is 0 Å². The number of nitrogens with two attached hydrogens (primary N) is 1. The lowest BCUT2D eigenvalue weighted by atomic mass is 10.3. The van der Waals surface area contributed by atoms with Gasteiger partial charge in [-0.3, -0.25) is 10.2 Å². The number of halogens is 1. The molecule has 0 heterocycles. The number of carbonyl (C=O) groups is 1. The fraction of sp³-hybridized carbons (Fsp3) is 0.300. The van der Waals surface area contributed by atoms with Crippen molar-refractivity contribution in [1.82, 2.24) is 5.43 Å². The first-order chi connectivity index (χ1) is 7.22. The van der Waals surface area contributed by atoms with Crippen LogP contribution < -0.4 is 16.0 Å². The summed E-state index contributed by atoms with van der Waals surface area (Å²) in [4.78, 5) is 10.8. The van der Waals surface area contributed by atoms with Crippen molar-refractivity contribution in [3.05, 3.63) is 28.7 Å². The summed E-state index contributed by atoms with van der Waals surface area (Å²) in [6.07, 6.45) is 1.03. The molecule has 1 aromatic carbocycles. The number of hydrogen-bond acceptors (Lipinski definition) is 3. The van der Waals surface area contributed by atoms with Gasteiger partial charge in [0, 0.05) is 10.9 Å². The lowest BCUT2D eigenvalue weighted by molar-refractivity contribution is -0.121. The van der Waals surface area contributed by atoms with Gasteiger partial charge in [0.15, 0.2) is 0 Å². The molecule has 3 N–H and O–H groups in total. The molecule has 1 rings (SSSR count). The maximum absolute atomic E-state index is 10.8. The molecule has 15 heavy (non-hydrogen) atoms. The van der Waals surface area contributed by atoms with E-state index in [0.717, 1.165) is 10.2 Å². The highest BCUT2D eigenvalue weighted by Crippen LogP contribution is 2.17. The Bertz CT molecular complexity index is 331. The van der Waals surface area contributed by atoms with Crippen LogP contribution in [0.1, 0.15) is 12.8 Å². The standard InChI is InChI=1S/C10H13BrN2O2/c11-8-3-1-4-9(7-8)15-6-2-5-10(14)13-12/h1,3-4,7H,2,5-6,12H2,(H,13,14). The molecule has 1 amide bonds. The third-order valence-electron chi connectivity index (χ3n) is 1.77. The molecular weight excluding hydrogens is 260 g/mol. The topological polar surface area (TPSA) is 64.3 Å². The minimum atomic E-state index is -0.173. The summed E-state index contributed by atoms with van der Waals surface area (Å²) in [7, 11) is 0. The summed E-state index contributed by atoms with van der Waals surface area (Å²) >= 11 is 3.34. The first kappa shape index (κ1) is 12.0. The highest BCUT2D eigenvalue weighted by Gasteiger charge is 1.98. The van der Waals surface area contributed by atoms with Gasteiger partial charge in [0.25, 0.3) is 0 Å². The molecule has 0 bridgehead atoms. The second-order valence-corrected chi connectivity index (χ2v) is 3.89. The molecule has 4 nitrogen and oxygen atoms in total. The second kappa shape index (κ2) is 6.42. The molecule has 0 aromatic heterocycles. The molecule has 82 valence electrons. The minimum absolute atomic E-state index is 0.173. The third kappa shape index (κ3) is 4.80. The smallest absolute Gasteiger partial charge is 0.234 e. The molecule has 0 atom stereocenters. The average molecular weight is 273 g/mol. The summed E-state index contributed by atoms with van der Waals surface area (Å²) in [5, 5.41) is 0. The Labute approximate surface area is 96.9 Å². The van der Waals surface area contributed by atoms with E-state index in [1.807, 2.05) is 24.3 Å². The third-order valence-corrected chi connectivity index (χ3v) is 2.27. The summed E-state index contributed by atoms with van der Waals surface area (Å²) < 4.78 is 6.40. The number of rotatable bonds is 5. The van der Waals surface area contributed by atoms with Crippen molar-refractivity contribution >= 4 is 21.8 Å². The number of nitrogens with one attached hydrogen (secondary N) is 1. The number of hydrazine groups is 1. The molecular formula is C10H13BrN2O2. The Morgan fingerprint density at radius 1 is 1.53 bits per heavy atom. The highest BCUT2D eigenvalue weighted by atomic mass is 79.9. The molecule has 0 radical (unpaired) electrons. The SMILES string of the molecule is NNC(=O)CCCOc1cccc(Br)c1. The number of benzene rings is 1. The first-order valence-corrected chi connectivity index (χ1v) is 5.39. The summed E-state index contributed by atoms with van der Waals surface area (Å²) in [6, 6.07) is 7.57. The van der Waals surface area contributed by atoms with Gasteiger partial charge in [-0.2, -0.15) is 0 Å². The largest absolute Gasteiger partial charge is 0.494 e. The van der Waals surface area contributed by atoms with Crippen LogP contribution in [-0.4, -0.2) is 12.5 Å². The number of hydrogen-bond donors (Lipinski definition) is 2.